The van der Waals surface area contributed by atoms with E-state index in [0.717, 1.165) is 16.1 Å². The number of aromatic nitrogens is 2. The number of nitriles is 1. The molecular weight excluding hydrogens is 254 g/mol. The molecule has 0 saturated carbocycles. The summed E-state index contributed by atoms with van der Waals surface area (Å²) in [6.45, 7) is 1.92. The van der Waals surface area contributed by atoms with Crippen LogP contribution < -0.4 is 0 Å². The first-order chi connectivity index (χ1) is 7.20. The number of hydrogen-bond donors (Lipinski definition) is 0. The Labute approximate surface area is 96.1 Å². The normalized spacial score (nSPS) is 9.93. The van der Waals surface area contributed by atoms with E-state index < -0.39 is 0 Å². The van der Waals surface area contributed by atoms with Gasteiger partial charge in [-0.1, -0.05) is 6.07 Å². The predicted molar refractivity (Wildman–Crippen MR) is 60.7 cm³/mol. The Balaban J connectivity index is 2.55. The van der Waals surface area contributed by atoms with E-state index >= 15 is 0 Å². The SMILES string of the molecule is Cc1nc(Br)cn1-c1cccc(C#N)c1. The molecule has 0 atom stereocenters. The van der Waals surface area contributed by atoms with Crippen LogP contribution in [0.5, 0.6) is 0 Å². The summed E-state index contributed by atoms with van der Waals surface area (Å²) in [6, 6.07) is 9.54. The molecule has 1 aromatic carbocycles. The molecule has 0 radical (unpaired) electrons. The van der Waals surface area contributed by atoms with Crippen molar-refractivity contribution in [3.8, 4) is 11.8 Å². The van der Waals surface area contributed by atoms with E-state index in [1.165, 1.54) is 0 Å². The van der Waals surface area contributed by atoms with E-state index in [0.29, 0.717) is 5.56 Å². The predicted octanol–water partition coefficient (Wildman–Crippen LogP) is 2.81. The van der Waals surface area contributed by atoms with Crippen LogP contribution in [-0.4, -0.2) is 9.55 Å². The lowest BCUT2D eigenvalue weighted by molar-refractivity contribution is 0.974. The topological polar surface area (TPSA) is 41.6 Å². The molecule has 0 unspecified atom stereocenters. The van der Waals surface area contributed by atoms with Gasteiger partial charge in [0.15, 0.2) is 0 Å². The number of halogens is 1. The Hall–Kier alpha value is -1.60. The first-order valence-corrected chi connectivity index (χ1v) is 5.22. The van der Waals surface area contributed by atoms with Crippen molar-refractivity contribution in [2.75, 3.05) is 0 Å². The van der Waals surface area contributed by atoms with E-state index in [1.807, 2.05) is 35.9 Å². The lowest BCUT2D eigenvalue weighted by Crippen LogP contribution is -1.95. The molecule has 4 heteroatoms. The van der Waals surface area contributed by atoms with E-state index in [9.17, 15) is 0 Å². The number of nitrogens with zero attached hydrogens (tertiary/aromatic N) is 3. The Morgan fingerprint density at radius 3 is 2.87 bits per heavy atom. The minimum atomic E-state index is 0.650. The molecule has 74 valence electrons. The molecule has 0 spiro atoms. The maximum atomic E-state index is 8.80. The summed E-state index contributed by atoms with van der Waals surface area (Å²) in [7, 11) is 0. The zero-order chi connectivity index (χ0) is 10.8. The maximum absolute atomic E-state index is 8.80. The van der Waals surface area contributed by atoms with Gasteiger partial charge in [0, 0.05) is 11.9 Å². The van der Waals surface area contributed by atoms with E-state index in [-0.39, 0.29) is 0 Å². The van der Waals surface area contributed by atoms with Gasteiger partial charge in [0.05, 0.1) is 11.6 Å². The van der Waals surface area contributed by atoms with Crippen LogP contribution in [-0.2, 0) is 0 Å². The Kier molecular flexibility index (Phi) is 2.57. The highest BCUT2D eigenvalue weighted by atomic mass is 79.9. The van der Waals surface area contributed by atoms with Gasteiger partial charge >= 0.3 is 0 Å². The van der Waals surface area contributed by atoms with E-state index in [2.05, 4.69) is 27.0 Å². The van der Waals surface area contributed by atoms with Gasteiger partial charge in [0.2, 0.25) is 0 Å². The molecular formula is C11H8BrN3. The molecule has 2 rings (SSSR count). The van der Waals surface area contributed by atoms with Gasteiger partial charge in [0.25, 0.3) is 0 Å². The minimum absolute atomic E-state index is 0.650. The van der Waals surface area contributed by atoms with Crippen LogP contribution >= 0.6 is 15.9 Å². The molecule has 0 aliphatic heterocycles. The molecule has 0 aliphatic rings. The van der Waals surface area contributed by atoms with Crippen LogP contribution in [0.15, 0.2) is 35.1 Å². The van der Waals surface area contributed by atoms with Crippen LogP contribution in [0.25, 0.3) is 5.69 Å². The molecule has 0 bridgehead atoms. The van der Waals surface area contributed by atoms with E-state index in [4.69, 9.17) is 5.26 Å². The van der Waals surface area contributed by atoms with Crippen LogP contribution in [0.3, 0.4) is 0 Å². The van der Waals surface area contributed by atoms with Gasteiger partial charge in [-0.25, -0.2) is 4.98 Å². The molecule has 3 nitrogen and oxygen atoms in total. The summed E-state index contributed by atoms with van der Waals surface area (Å²) >= 11 is 3.32. The third-order valence-corrected chi connectivity index (χ3v) is 2.49. The zero-order valence-electron chi connectivity index (χ0n) is 8.11. The summed E-state index contributed by atoms with van der Waals surface area (Å²) in [4.78, 5) is 4.24. The number of aryl methyl sites for hydroxylation is 1. The highest BCUT2D eigenvalue weighted by Crippen LogP contribution is 2.16. The van der Waals surface area contributed by atoms with E-state index in [1.54, 1.807) is 6.07 Å². The average molecular weight is 262 g/mol. The van der Waals surface area contributed by atoms with Gasteiger partial charge in [-0.05, 0) is 41.1 Å². The second-order valence-corrected chi connectivity index (χ2v) is 3.96. The van der Waals surface area contributed by atoms with Crippen molar-refractivity contribution >= 4 is 15.9 Å². The van der Waals surface area contributed by atoms with Crippen molar-refractivity contribution in [3.05, 3.63) is 46.5 Å². The van der Waals surface area contributed by atoms with Gasteiger partial charge < -0.3 is 4.57 Å². The fourth-order valence-electron chi connectivity index (χ4n) is 1.42. The Morgan fingerprint density at radius 1 is 1.47 bits per heavy atom. The third-order valence-electron chi connectivity index (χ3n) is 2.11. The van der Waals surface area contributed by atoms with Crippen LogP contribution in [0.4, 0.5) is 0 Å². The summed E-state index contributed by atoms with van der Waals surface area (Å²) in [5, 5.41) is 8.80. The quantitative estimate of drug-likeness (QED) is 0.792. The summed E-state index contributed by atoms with van der Waals surface area (Å²) in [6.07, 6.45) is 1.88. The molecule has 1 heterocycles. The minimum Gasteiger partial charge on any atom is -0.303 e. The van der Waals surface area contributed by atoms with Gasteiger partial charge in [-0.3, -0.25) is 0 Å². The molecule has 0 fully saturated rings. The number of rotatable bonds is 1. The summed E-state index contributed by atoms with van der Waals surface area (Å²) in [5.41, 5.74) is 1.60. The standard InChI is InChI=1S/C11H8BrN3/c1-8-14-11(12)7-15(8)10-4-2-3-9(5-10)6-13/h2-5,7H,1H3. The third kappa shape index (κ3) is 1.92. The van der Waals surface area contributed by atoms with Crippen molar-refractivity contribution in [1.82, 2.24) is 9.55 Å². The van der Waals surface area contributed by atoms with Crippen molar-refractivity contribution in [3.63, 3.8) is 0 Å². The lowest BCUT2D eigenvalue weighted by Gasteiger charge is -2.04. The van der Waals surface area contributed by atoms with Crippen LogP contribution in [0.2, 0.25) is 0 Å². The molecule has 15 heavy (non-hydrogen) atoms. The average Bonchev–Trinajstić information content (AvgIpc) is 2.58. The molecule has 0 saturated heterocycles. The second kappa shape index (κ2) is 3.87. The van der Waals surface area contributed by atoms with Crippen molar-refractivity contribution in [2.24, 2.45) is 0 Å². The van der Waals surface area contributed by atoms with Crippen molar-refractivity contribution < 1.29 is 0 Å². The molecule has 0 amide bonds. The smallest absolute Gasteiger partial charge is 0.124 e. The fraction of sp³-hybridized carbons (Fsp3) is 0.0909. The molecule has 0 N–H and O–H groups in total. The lowest BCUT2D eigenvalue weighted by atomic mass is 10.2. The molecule has 0 aliphatic carbocycles. The Morgan fingerprint density at radius 2 is 2.27 bits per heavy atom. The largest absolute Gasteiger partial charge is 0.303 e. The molecule has 2 aromatic rings. The van der Waals surface area contributed by atoms with Crippen LogP contribution in [0, 0.1) is 18.3 Å². The van der Waals surface area contributed by atoms with Crippen molar-refractivity contribution in [1.29, 1.82) is 5.26 Å². The zero-order valence-corrected chi connectivity index (χ0v) is 9.69. The maximum Gasteiger partial charge on any atom is 0.124 e. The van der Waals surface area contributed by atoms with Gasteiger partial charge in [-0.15, -0.1) is 0 Å². The highest BCUT2D eigenvalue weighted by molar-refractivity contribution is 9.10. The van der Waals surface area contributed by atoms with Gasteiger partial charge in [0.1, 0.15) is 10.4 Å². The highest BCUT2D eigenvalue weighted by Gasteiger charge is 2.04. The summed E-state index contributed by atoms with van der Waals surface area (Å²) < 4.78 is 2.73. The Bertz CT molecular complexity index is 537. The fourth-order valence-corrected chi connectivity index (χ4v) is 1.89. The van der Waals surface area contributed by atoms with Gasteiger partial charge in [-0.2, -0.15) is 5.26 Å². The monoisotopic (exact) mass is 261 g/mol. The first kappa shape index (κ1) is 9.94. The summed E-state index contributed by atoms with van der Waals surface area (Å²) in [5.74, 6) is 0.886. The number of hydrogen-bond acceptors (Lipinski definition) is 2. The molecule has 1 aromatic heterocycles. The number of imidazole rings is 1. The van der Waals surface area contributed by atoms with Crippen LogP contribution in [0.1, 0.15) is 11.4 Å². The van der Waals surface area contributed by atoms with Crippen molar-refractivity contribution in [2.45, 2.75) is 6.92 Å². The number of benzene rings is 1. The first-order valence-electron chi connectivity index (χ1n) is 4.43. The second-order valence-electron chi connectivity index (χ2n) is 3.14.